The minimum absolute atomic E-state index is 0.225. The van der Waals surface area contributed by atoms with E-state index in [9.17, 15) is 0 Å². The number of benzene rings is 1. The van der Waals surface area contributed by atoms with Crippen LogP contribution in [0.5, 0.6) is 5.75 Å². The maximum atomic E-state index is 5.21. The van der Waals surface area contributed by atoms with Crippen LogP contribution >= 0.6 is 43.2 Å². The van der Waals surface area contributed by atoms with Crippen LogP contribution in [0.3, 0.4) is 0 Å². The van der Waals surface area contributed by atoms with E-state index in [0.717, 1.165) is 16.6 Å². The lowest BCUT2D eigenvalue weighted by Crippen LogP contribution is -1.92. The molecule has 1 atom stereocenters. The van der Waals surface area contributed by atoms with Gasteiger partial charge in [-0.05, 0) is 36.2 Å². The summed E-state index contributed by atoms with van der Waals surface area (Å²) in [6.07, 6.45) is 1.09. The molecule has 1 nitrogen and oxygen atoms in total. The highest BCUT2D eigenvalue weighted by Gasteiger charge is 2.15. The third kappa shape index (κ3) is 2.98. The van der Waals surface area contributed by atoms with Gasteiger partial charge in [0.25, 0.3) is 0 Å². The lowest BCUT2D eigenvalue weighted by Gasteiger charge is -2.11. The zero-order valence-corrected chi connectivity index (χ0v) is 14.2. The van der Waals surface area contributed by atoms with E-state index in [1.54, 1.807) is 7.11 Å². The molecule has 1 heterocycles. The van der Waals surface area contributed by atoms with Crippen molar-refractivity contribution in [1.82, 2.24) is 0 Å². The number of aryl methyl sites for hydroxylation is 1. The number of halogens is 2. The second-order valence-corrected chi connectivity index (χ2v) is 6.88. The Morgan fingerprint density at radius 3 is 2.61 bits per heavy atom. The van der Waals surface area contributed by atoms with Gasteiger partial charge in [0.05, 0.1) is 11.9 Å². The molecule has 2 aromatic rings. The van der Waals surface area contributed by atoms with Gasteiger partial charge in [-0.15, -0.1) is 11.3 Å². The van der Waals surface area contributed by atoms with E-state index in [-0.39, 0.29) is 4.83 Å². The molecule has 0 aliphatic heterocycles. The van der Waals surface area contributed by atoms with E-state index in [2.05, 4.69) is 57.0 Å². The van der Waals surface area contributed by atoms with Crippen LogP contribution in [0.25, 0.3) is 0 Å². The molecule has 96 valence electrons. The number of hydrogen-bond donors (Lipinski definition) is 0. The van der Waals surface area contributed by atoms with E-state index < -0.39 is 0 Å². The van der Waals surface area contributed by atoms with Crippen LogP contribution in [-0.4, -0.2) is 7.11 Å². The summed E-state index contributed by atoms with van der Waals surface area (Å²) in [5.41, 5.74) is 1.22. The molecule has 0 radical (unpaired) electrons. The Kier molecular flexibility index (Phi) is 4.87. The predicted molar refractivity (Wildman–Crippen MR) is 85.2 cm³/mol. The molecule has 0 saturated heterocycles. The van der Waals surface area contributed by atoms with Crippen molar-refractivity contribution >= 4 is 43.2 Å². The van der Waals surface area contributed by atoms with Crippen LogP contribution in [0.1, 0.15) is 27.1 Å². The molecule has 0 spiro atoms. The molecule has 1 aromatic heterocycles. The smallest absolute Gasteiger partial charge is 0.120 e. The third-order valence-corrected chi connectivity index (χ3v) is 6.03. The summed E-state index contributed by atoms with van der Waals surface area (Å²) in [6, 6.07) is 10.5. The first kappa shape index (κ1) is 14.1. The topological polar surface area (TPSA) is 9.23 Å². The first-order valence-electron chi connectivity index (χ1n) is 5.71. The van der Waals surface area contributed by atoms with Gasteiger partial charge in [0.1, 0.15) is 5.75 Å². The van der Waals surface area contributed by atoms with E-state index in [0.29, 0.717) is 0 Å². The molecule has 0 N–H and O–H groups in total. The van der Waals surface area contributed by atoms with Crippen molar-refractivity contribution < 1.29 is 4.74 Å². The molecule has 0 bridgehead atoms. The minimum atomic E-state index is 0.225. The number of methoxy groups -OCH3 is 1. The molecule has 1 aromatic carbocycles. The Bertz CT molecular complexity index is 536. The standard InChI is InChI=1S/C14H14Br2OS/c1-3-10-5-7-13(18-10)14(16)11-6-4-9(17-2)8-12(11)15/h4-8,14H,3H2,1-2H3. The van der Waals surface area contributed by atoms with Crippen LogP contribution < -0.4 is 4.74 Å². The van der Waals surface area contributed by atoms with Crippen molar-refractivity contribution in [3.05, 3.63) is 50.1 Å². The summed E-state index contributed by atoms with van der Waals surface area (Å²) in [6.45, 7) is 2.18. The monoisotopic (exact) mass is 388 g/mol. The number of rotatable bonds is 4. The number of ether oxygens (including phenoxy) is 1. The Balaban J connectivity index is 2.30. The van der Waals surface area contributed by atoms with Gasteiger partial charge in [-0.2, -0.15) is 0 Å². The van der Waals surface area contributed by atoms with Gasteiger partial charge in [0.2, 0.25) is 0 Å². The lowest BCUT2D eigenvalue weighted by molar-refractivity contribution is 0.414. The molecule has 2 rings (SSSR count). The van der Waals surface area contributed by atoms with E-state index in [1.807, 2.05) is 23.5 Å². The fourth-order valence-electron chi connectivity index (χ4n) is 1.71. The van der Waals surface area contributed by atoms with Gasteiger partial charge in [-0.25, -0.2) is 0 Å². The molecule has 1 unspecified atom stereocenters. The summed E-state index contributed by atoms with van der Waals surface area (Å²) < 4.78 is 6.28. The highest BCUT2D eigenvalue weighted by Crippen LogP contribution is 2.39. The van der Waals surface area contributed by atoms with E-state index in [4.69, 9.17) is 4.74 Å². The van der Waals surface area contributed by atoms with Gasteiger partial charge in [0.15, 0.2) is 0 Å². The highest BCUT2D eigenvalue weighted by molar-refractivity contribution is 9.11. The minimum Gasteiger partial charge on any atom is -0.497 e. The molecular formula is C14H14Br2OS. The Labute approximate surface area is 128 Å². The average molecular weight is 390 g/mol. The average Bonchev–Trinajstić information content (AvgIpc) is 2.86. The Morgan fingerprint density at radius 1 is 1.28 bits per heavy atom. The lowest BCUT2D eigenvalue weighted by atomic mass is 10.1. The normalized spacial score (nSPS) is 12.4. The van der Waals surface area contributed by atoms with Crippen molar-refractivity contribution in [2.45, 2.75) is 18.2 Å². The summed E-state index contributed by atoms with van der Waals surface area (Å²) in [4.78, 5) is 2.97. The van der Waals surface area contributed by atoms with Crippen LogP contribution in [0.15, 0.2) is 34.8 Å². The maximum absolute atomic E-state index is 5.21. The van der Waals surface area contributed by atoms with E-state index >= 15 is 0 Å². The zero-order chi connectivity index (χ0) is 13.1. The van der Waals surface area contributed by atoms with Gasteiger partial charge < -0.3 is 4.74 Å². The molecule has 0 saturated carbocycles. The molecule has 18 heavy (non-hydrogen) atoms. The summed E-state index contributed by atoms with van der Waals surface area (Å²) in [7, 11) is 1.68. The largest absolute Gasteiger partial charge is 0.497 e. The van der Waals surface area contributed by atoms with Crippen LogP contribution in [0.2, 0.25) is 0 Å². The summed E-state index contributed by atoms with van der Waals surface area (Å²) in [5.74, 6) is 0.866. The second-order valence-electron chi connectivity index (χ2n) is 3.91. The molecule has 4 heteroatoms. The molecule has 0 fully saturated rings. The number of thiophene rings is 1. The maximum Gasteiger partial charge on any atom is 0.120 e. The van der Waals surface area contributed by atoms with Crippen molar-refractivity contribution in [2.75, 3.05) is 7.11 Å². The molecule has 0 aliphatic carbocycles. The quantitative estimate of drug-likeness (QED) is 0.621. The zero-order valence-electron chi connectivity index (χ0n) is 10.2. The molecular weight excluding hydrogens is 376 g/mol. The second kappa shape index (κ2) is 6.22. The van der Waals surface area contributed by atoms with Gasteiger partial charge in [-0.1, -0.05) is 44.8 Å². The molecule has 0 aliphatic rings. The van der Waals surface area contributed by atoms with Crippen LogP contribution in [0, 0.1) is 0 Å². The SMILES string of the molecule is CCc1ccc(C(Br)c2ccc(OC)cc2Br)s1. The summed E-state index contributed by atoms with van der Waals surface area (Å²) in [5, 5.41) is 0. The Morgan fingerprint density at radius 2 is 2.06 bits per heavy atom. The van der Waals surface area contributed by atoms with Gasteiger partial charge in [-0.3, -0.25) is 0 Å². The van der Waals surface area contributed by atoms with Crippen LogP contribution in [0.4, 0.5) is 0 Å². The van der Waals surface area contributed by atoms with Gasteiger partial charge >= 0.3 is 0 Å². The molecule has 0 amide bonds. The number of alkyl halides is 1. The fourth-order valence-corrected chi connectivity index (χ4v) is 4.39. The van der Waals surface area contributed by atoms with Gasteiger partial charge in [0, 0.05) is 14.2 Å². The van der Waals surface area contributed by atoms with Crippen molar-refractivity contribution in [3.63, 3.8) is 0 Å². The van der Waals surface area contributed by atoms with Crippen molar-refractivity contribution in [2.24, 2.45) is 0 Å². The van der Waals surface area contributed by atoms with E-state index in [1.165, 1.54) is 15.3 Å². The highest BCUT2D eigenvalue weighted by atomic mass is 79.9. The van der Waals surface area contributed by atoms with Crippen molar-refractivity contribution in [3.8, 4) is 5.75 Å². The first-order valence-corrected chi connectivity index (χ1v) is 8.24. The van der Waals surface area contributed by atoms with Crippen molar-refractivity contribution in [1.29, 1.82) is 0 Å². The van der Waals surface area contributed by atoms with Crippen LogP contribution in [-0.2, 0) is 6.42 Å². The third-order valence-electron chi connectivity index (χ3n) is 2.76. The number of hydrogen-bond acceptors (Lipinski definition) is 2. The first-order chi connectivity index (χ1) is 8.65. The predicted octanol–water partition coefficient (Wildman–Crippen LogP) is 5.57. The Hall–Kier alpha value is -0.320. The summed E-state index contributed by atoms with van der Waals surface area (Å²) >= 11 is 9.23. The fraction of sp³-hybridized carbons (Fsp3) is 0.286.